The summed E-state index contributed by atoms with van der Waals surface area (Å²) in [6, 6.07) is 0. The first-order valence-electron chi connectivity index (χ1n) is 5.73. The summed E-state index contributed by atoms with van der Waals surface area (Å²) in [4.78, 5) is 2.50. The number of aliphatic hydroxyl groups is 1. The minimum Gasteiger partial charge on any atom is -0.394 e. The van der Waals surface area contributed by atoms with Crippen molar-refractivity contribution < 1.29 is 5.11 Å². The molecule has 13 heavy (non-hydrogen) atoms. The highest BCUT2D eigenvalue weighted by Crippen LogP contribution is 2.36. The smallest absolute Gasteiger partial charge is 0.0615 e. The quantitative estimate of drug-likeness (QED) is 0.675. The molecular weight excluding hydrogens is 162 g/mol. The molecule has 78 valence electrons. The highest BCUT2D eigenvalue weighted by Gasteiger charge is 2.41. The van der Waals surface area contributed by atoms with Gasteiger partial charge in [-0.15, -0.1) is 0 Å². The molecule has 2 aliphatic heterocycles. The number of nitrogens with zero attached hydrogens (tertiary/aromatic N) is 1. The lowest BCUT2D eigenvalue weighted by atomic mass is 9.87. The van der Waals surface area contributed by atoms with Crippen LogP contribution in [0.25, 0.3) is 0 Å². The maximum atomic E-state index is 9.31. The van der Waals surface area contributed by atoms with Gasteiger partial charge in [-0.05, 0) is 38.8 Å². The standard InChI is InChI=1S/C9H17NO.C2H6/c11-8-9-4-1-2-6-10(9)7-3-5-9;1-2/h11H,1-8H2;1-2H3/t9-;/m0./s1. The molecule has 0 saturated carbocycles. The van der Waals surface area contributed by atoms with Gasteiger partial charge in [0.05, 0.1) is 6.61 Å². The monoisotopic (exact) mass is 185 g/mol. The Labute approximate surface area is 81.9 Å². The average Bonchev–Trinajstić information content (AvgIpc) is 2.65. The van der Waals surface area contributed by atoms with Crippen molar-refractivity contribution in [1.82, 2.24) is 4.90 Å². The van der Waals surface area contributed by atoms with E-state index in [9.17, 15) is 5.11 Å². The molecule has 0 aromatic carbocycles. The van der Waals surface area contributed by atoms with Gasteiger partial charge in [0.2, 0.25) is 0 Å². The van der Waals surface area contributed by atoms with Crippen LogP contribution in [0.5, 0.6) is 0 Å². The summed E-state index contributed by atoms with van der Waals surface area (Å²) in [7, 11) is 0. The van der Waals surface area contributed by atoms with Crippen molar-refractivity contribution in [1.29, 1.82) is 0 Å². The summed E-state index contributed by atoms with van der Waals surface area (Å²) in [5, 5.41) is 9.31. The molecule has 2 aliphatic rings. The Morgan fingerprint density at radius 2 is 1.69 bits per heavy atom. The molecule has 0 spiro atoms. The molecular formula is C11H23NO. The van der Waals surface area contributed by atoms with Crippen molar-refractivity contribution in [2.75, 3.05) is 19.7 Å². The Morgan fingerprint density at radius 1 is 1.08 bits per heavy atom. The fraction of sp³-hybridized carbons (Fsp3) is 1.00. The molecule has 2 heteroatoms. The van der Waals surface area contributed by atoms with Crippen LogP contribution in [0.3, 0.4) is 0 Å². The summed E-state index contributed by atoms with van der Waals surface area (Å²) >= 11 is 0. The second-order valence-electron chi connectivity index (χ2n) is 3.93. The molecule has 0 bridgehead atoms. The zero-order chi connectivity index (χ0) is 9.73. The summed E-state index contributed by atoms with van der Waals surface area (Å²) in [6.45, 7) is 6.83. The van der Waals surface area contributed by atoms with Crippen LogP contribution in [-0.2, 0) is 0 Å². The van der Waals surface area contributed by atoms with E-state index in [4.69, 9.17) is 0 Å². The normalized spacial score (nSPS) is 33.5. The third kappa shape index (κ3) is 2.05. The van der Waals surface area contributed by atoms with E-state index in [1.54, 1.807) is 0 Å². The van der Waals surface area contributed by atoms with E-state index in [0.717, 1.165) is 0 Å². The van der Waals surface area contributed by atoms with E-state index in [-0.39, 0.29) is 5.54 Å². The van der Waals surface area contributed by atoms with Crippen LogP contribution in [-0.4, -0.2) is 35.2 Å². The number of aliphatic hydroxyl groups excluding tert-OH is 1. The van der Waals surface area contributed by atoms with Crippen LogP contribution in [0, 0.1) is 0 Å². The third-order valence-corrected chi connectivity index (χ3v) is 3.36. The average molecular weight is 185 g/mol. The summed E-state index contributed by atoms with van der Waals surface area (Å²) in [5.74, 6) is 0. The third-order valence-electron chi connectivity index (χ3n) is 3.36. The van der Waals surface area contributed by atoms with E-state index in [0.29, 0.717) is 6.61 Å². The maximum Gasteiger partial charge on any atom is 0.0615 e. The molecule has 2 heterocycles. The number of hydrogen-bond donors (Lipinski definition) is 1. The maximum absolute atomic E-state index is 9.31. The Hall–Kier alpha value is -0.0800. The van der Waals surface area contributed by atoms with E-state index < -0.39 is 0 Å². The van der Waals surface area contributed by atoms with E-state index in [2.05, 4.69) is 4.90 Å². The van der Waals surface area contributed by atoms with Gasteiger partial charge >= 0.3 is 0 Å². The van der Waals surface area contributed by atoms with Crippen molar-refractivity contribution in [2.24, 2.45) is 0 Å². The first kappa shape index (κ1) is 11.0. The molecule has 2 rings (SSSR count). The van der Waals surface area contributed by atoms with E-state index in [1.807, 2.05) is 13.8 Å². The van der Waals surface area contributed by atoms with Crippen molar-refractivity contribution in [3.63, 3.8) is 0 Å². The van der Waals surface area contributed by atoms with Crippen LogP contribution >= 0.6 is 0 Å². The molecule has 0 aromatic rings. The lowest BCUT2D eigenvalue weighted by molar-refractivity contribution is 0.0325. The molecule has 2 saturated heterocycles. The fourth-order valence-electron chi connectivity index (χ4n) is 2.64. The van der Waals surface area contributed by atoms with Gasteiger partial charge in [-0.2, -0.15) is 0 Å². The highest BCUT2D eigenvalue weighted by molar-refractivity contribution is 4.97. The van der Waals surface area contributed by atoms with Crippen molar-refractivity contribution in [3.8, 4) is 0 Å². The van der Waals surface area contributed by atoms with Crippen LogP contribution in [0.15, 0.2) is 0 Å². The summed E-state index contributed by atoms with van der Waals surface area (Å²) < 4.78 is 0. The Bertz CT molecular complexity index is 149. The predicted molar refractivity (Wildman–Crippen MR) is 55.8 cm³/mol. The van der Waals surface area contributed by atoms with Gasteiger partial charge < -0.3 is 5.11 Å². The molecule has 2 nitrogen and oxygen atoms in total. The van der Waals surface area contributed by atoms with Crippen molar-refractivity contribution >= 4 is 0 Å². The minimum atomic E-state index is 0.220. The highest BCUT2D eigenvalue weighted by atomic mass is 16.3. The van der Waals surface area contributed by atoms with Gasteiger partial charge in [-0.1, -0.05) is 20.3 Å². The SMILES string of the molecule is CC.OC[C@@]12CCCCN1CCC2. The molecule has 0 amide bonds. The van der Waals surface area contributed by atoms with Gasteiger partial charge in [0.15, 0.2) is 0 Å². The molecule has 1 atom stereocenters. The van der Waals surface area contributed by atoms with Crippen LogP contribution in [0.1, 0.15) is 46.0 Å². The van der Waals surface area contributed by atoms with Crippen molar-refractivity contribution in [2.45, 2.75) is 51.5 Å². The molecule has 0 aliphatic carbocycles. The Balaban J connectivity index is 0.000000396. The second-order valence-corrected chi connectivity index (χ2v) is 3.93. The molecule has 1 N–H and O–H groups in total. The number of hydrogen-bond acceptors (Lipinski definition) is 2. The van der Waals surface area contributed by atoms with Gasteiger partial charge in [-0.25, -0.2) is 0 Å². The molecule has 2 fully saturated rings. The minimum absolute atomic E-state index is 0.220. The van der Waals surface area contributed by atoms with Crippen LogP contribution < -0.4 is 0 Å². The zero-order valence-electron chi connectivity index (χ0n) is 9.05. The molecule has 0 unspecified atom stereocenters. The molecule has 0 radical (unpaired) electrons. The first-order chi connectivity index (χ1) is 6.37. The van der Waals surface area contributed by atoms with Gasteiger partial charge in [-0.3, -0.25) is 4.90 Å². The van der Waals surface area contributed by atoms with Crippen molar-refractivity contribution in [3.05, 3.63) is 0 Å². The lowest BCUT2D eigenvalue weighted by Crippen LogP contribution is -2.49. The van der Waals surface area contributed by atoms with Crippen LogP contribution in [0.2, 0.25) is 0 Å². The second kappa shape index (κ2) is 4.97. The predicted octanol–water partition coefficient (Wildman–Crippen LogP) is 2.02. The number of piperidine rings is 1. The van der Waals surface area contributed by atoms with E-state index in [1.165, 1.54) is 45.2 Å². The molecule has 0 aromatic heterocycles. The number of rotatable bonds is 1. The van der Waals surface area contributed by atoms with E-state index >= 15 is 0 Å². The largest absolute Gasteiger partial charge is 0.394 e. The van der Waals surface area contributed by atoms with Crippen LogP contribution in [0.4, 0.5) is 0 Å². The summed E-state index contributed by atoms with van der Waals surface area (Å²) in [5.41, 5.74) is 0.220. The first-order valence-corrected chi connectivity index (χ1v) is 5.73. The number of fused-ring (bicyclic) bond motifs is 1. The lowest BCUT2D eigenvalue weighted by Gasteiger charge is -2.41. The van der Waals surface area contributed by atoms with Gasteiger partial charge in [0.1, 0.15) is 0 Å². The topological polar surface area (TPSA) is 23.5 Å². The fourth-order valence-corrected chi connectivity index (χ4v) is 2.64. The van der Waals surface area contributed by atoms with Gasteiger partial charge in [0.25, 0.3) is 0 Å². The van der Waals surface area contributed by atoms with Gasteiger partial charge in [0, 0.05) is 5.54 Å². The summed E-state index contributed by atoms with van der Waals surface area (Å²) in [6.07, 6.45) is 6.40. The Morgan fingerprint density at radius 3 is 2.31 bits per heavy atom. The Kier molecular flexibility index (Phi) is 4.20. The zero-order valence-corrected chi connectivity index (χ0v) is 9.05.